The van der Waals surface area contributed by atoms with Crippen molar-refractivity contribution in [1.29, 1.82) is 0 Å². The highest BCUT2D eigenvalue weighted by atomic mass is 19.1. The molecule has 0 saturated heterocycles. The molecule has 0 aromatic heterocycles. The molecule has 1 atom stereocenters. The Kier molecular flexibility index (Phi) is 4.52. The number of ether oxygens (including phenoxy) is 1. The van der Waals surface area contributed by atoms with Crippen molar-refractivity contribution in [3.8, 4) is 0 Å². The smallest absolute Gasteiger partial charge is 0.146 e. The van der Waals surface area contributed by atoms with Crippen LogP contribution in [-0.4, -0.2) is 18.8 Å². The molecule has 0 fully saturated rings. The molecule has 0 aliphatic heterocycles. The van der Waals surface area contributed by atoms with Gasteiger partial charge in [-0.05, 0) is 51.8 Å². The molecule has 0 bridgehead atoms. The predicted octanol–water partition coefficient (Wildman–Crippen LogP) is 3.75. The second kappa shape index (κ2) is 5.50. The third kappa shape index (κ3) is 4.35. The summed E-state index contributed by atoms with van der Waals surface area (Å²) in [5.41, 5.74) is 1.28. The standard InChI is InChI=1S/C14H22FNO/c1-10-6-7-13(12(15)8-10)16-11(2)9-14(3,4)17-5/h6-8,11,16H,9H2,1-5H3. The first-order valence-corrected chi connectivity index (χ1v) is 5.92. The highest BCUT2D eigenvalue weighted by molar-refractivity contribution is 5.46. The van der Waals surface area contributed by atoms with E-state index in [4.69, 9.17) is 4.74 Å². The molecule has 3 heteroatoms. The van der Waals surface area contributed by atoms with Gasteiger partial charge in [0.25, 0.3) is 0 Å². The lowest BCUT2D eigenvalue weighted by Crippen LogP contribution is -2.31. The van der Waals surface area contributed by atoms with E-state index in [2.05, 4.69) is 5.32 Å². The molecule has 0 spiro atoms. The summed E-state index contributed by atoms with van der Waals surface area (Å²) in [5, 5.41) is 3.17. The first-order valence-electron chi connectivity index (χ1n) is 5.92. The van der Waals surface area contributed by atoms with E-state index in [1.54, 1.807) is 13.2 Å². The lowest BCUT2D eigenvalue weighted by atomic mass is 9.99. The Balaban J connectivity index is 2.65. The van der Waals surface area contributed by atoms with Gasteiger partial charge in [-0.3, -0.25) is 0 Å². The zero-order valence-electron chi connectivity index (χ0n) is 11.3. The van der Waals surface area contributed by atoms with Crippen LogP contribution in [0.5, 0.6) is 0 Å². The van der Waals surface area contributed by atoms with Gasteiger partial charge >= 0.3 is 0 Å². The molecule has 1 rings (SSSR count). The number of hydrogen-bond acceptors (Lipinski definition) is 2. The second-order valence-corrected chi connectivity index (χ2v) is 5.20. The Hall–Kier alpha value is -1.09. The number of nitrogens with one attached hydrogen (secondary N) is 1. The van der Waals surface area contributed by atoms with Crippen LogP contribution in [0.4, 0.5) is 10.1 Å². The number of anilines is 1. The molecule has 96 valence electrons. The van der Waals surface area contributed by atoms with Gasteiger partial charge in [-0.15, -0.1) is 0 Å². The molecular weight excluding hydrogens is 217 g/mol. The van der Waals surface area contributed by atoms with Gasteiger partial charge in [0, 0.05) is 13.2 Å². The molecule has 0 amide bonds. The first kappa shape index (κ1) is 14.0. The number of methoxy groups -OCH3 is 1. The van der Waals surface area contributed by atoms with Gasteiger partial charge in [0.2, 0.25) is 0 Å². The molecule has 0 heterocycles. The number of hydrogen-bond donors (Lipinski definition) is 1. The summed E-state index contributed by atoms with van der Waals surface area (Å²) in [4.78, 5) is 0. The molecule has 0 radical (unpaired) electrons. The van der Waals surface area contributed by atoms with Crippen molar-refractivity contribution in [2.45, 2.75) is 45.8 Å². The van der Waals surface area contributed by atoms with Crippen LogP contribution in [0.1, 0.15) is 32.8 Å². The average molecular weight is 239 g/mol. The molecule has 1 N–H and O–H groups in total. The highest BCUT2D eigenvalue weighted by Gasteiger charge is 2.20. The number of halogens is 1. The SMILES string of the molecule is COC(C)(C)CC(C)Nc1ccc(C)cc1F. The molecule has 2 nitrogen and oxygen atoms in total. The second-order valence-electron chi connectivity index (χ2n) is 5.20. The van der Waals surface area contributed by atoms with Crippen molar-refractivity contribution in [2.24, 2.45) is 0 Å². The summed E-state index contributed by atoms with van der Waals surface area (Å²) in [6, 6.07) is 5.37. The minimum atomic E-state index is -0.202. The van der Waals surface area contributed by atoms with Gasteiger partial charge in [-0.2, -0.15) is 0 Å². The summed E-state index contributed by atoms with van der Waals surface area (Å²) < 4.78 is 19.0. The van der Waals surface area contributed by atoms with Gasteiger partial charge in [0.05, 0.1) is 11.3 Å². The summed E-state index contributed by atoms with van der Waals surface area (Å²) in [6.45, 7) is 7.96. The van der Waals surface area contributed by atoms with Crippen LogP contribution in [0, 0.1) is 12.7 Å². The lowest BCUT2D eigenvalue weighted by molar-refractivity contribution is 0.0128. The Morgan fingerprint density at radius 3 is 2.59 bits per heavy atom. The van der Waals surface area contributed by atoms with Crippen molar-refractivity contribution in [3.63, 3.8) is 0 Å². The van der Waals surface area contributed by atoms with Crippen LogP contribution in [-0.2, 0) is 4.74 Å². The zero-order valence-corrected chi connectivity index (χ0v) is 11.3. The fourth-order valence-corrected chi connectivity index (χ4v) is 1.87. The third-order valence-electron chi connectivity index (χ3n) is 2.88. The number of benzene rings is 1. The van der Waals surface area contributed by atoms with E-state index in [9.17, 15) is 4.39 Å². The maximum absolute atomic E-state index is 13.6. The van der Waals surface area contributed by atoms with Crippen molar-refractivity contribution >= 4 is 5.69 Å². The van der Waals surface area contributed by atoms with E-state index in [-0.39, 0.29) is 17.5 Å². The minimum absolute atomic E-state index is 0.155. The number of aryl methyl sites for hydroxylation is 1. The van der Waals surface area contributed by atoms with E-state index >= 15 is 0 Å². The van der Waals surface area contributed by atoms with Gasteiger partial charge in [0.15, 0.2) is 0 Å². The third-order valence-corrected chi connectivity index (χ3v) is 2.88. The van der Waals surface area contributed by atoms with Crippen molar-refractivity contribution in [2.75, 3.05) is 12.4 Å². The van der Waals surface area contributed by atoms with Gasteiger partial charge < -0.3 is 10.1 Å². The Morgan fingerprint density at radius 1 is 1.41 bits per heavy atom. The van der Waals surface area contributed by atoms with Crippen LogP contribution >= 0.6 is 0 Å². The van der Waals surface area contributed by atoms with Gasteiger partial charge in [0.1, 0.15) is 5.82 Å². The largest absolute Gasteiger partial charge is 0.380 e. The van der Waals surface area contributed by atoms with Crippen LogP contribution in [0.15, 0.2) is 18.2 Å². The van der Waals surface area contributed by atoms with Crippen LogP contribution < -0.4 is 5.32 Å². The molecule has 1 aromatic carbocycles. The maximum atomic E-state index is 13.6. The molecule has 0 saturated carbocycles. The molecule has 0 aliphatic rings. The van der Waals surface area contributed by atoms with E-state index < -0.39 is 0 Å². The van der Waals surface area contributed by atoms with Crippen molar-refractivity contribution in [3.05, 3.63) is 29.6 Å². The molecule has 1 aromatic rings. The Bertz CT molecular complexity index is 376. The topological polar surface area (TPSA) is 21.3 Å². The van der Waals surface area contributed by atoms with Crippen LogP contribution in [0.3, 0.4) is 0 Å². The first-order chi connectivity index (χ1) is 7.84. The summed E-state index contributed by atoms with van der Waals surface area (Å²) in [7, 11) is 1.69. The fraction of sp³-hybridized carbons (Fsp3) is 0.571. The summed E-state index contributed by atoms with van der Waals surface area (Å²) in [5.74, 6) is -0.202. The monoisotopic (exact) mass is 239 g/mol. The highest BCUT2D eigenvalue weighted by Crippen LogP contribution is 2.21. The van der Waals surface area contributed by atoms with Crippen LogP contribution in [0.25, 0.3) is 0 Å². The van der Waals surface area contributed by atoms with Crippen LogP contribution in [0.2, 0.25) is 0 Å². The van der Waals surface area contributed by atoms with E-state index in [0.29, 0.717) is 5.69 Å². The molecule has 17 heavy (non-hydrogen) atoms. The Morgan fingerprint density at radius 2 is 2.06 bits per heavy atom. The average Bonchev–Trinajstić information content (AvgIpc) is 2.21. The van der Waals surface area contributed by atoms with Gasteiger partial charge in [-0.25, -0.2) is 4.39 Å². The summed E-state index contributed by atoms with van der Waals surface area (Å²) >= 11 is 0. The maximum Gasteiger partial charge on any atom is 0.146 e. The molecule has 0 aliphatic carbocycles. The summed E-state index contributed by atoms with van der Waals surface area (Å²) in [6.07, 6.45) is 0.816. The van der Waals surface area contributed by atoms with E-state index in [1.807, 2.05) is 33.8 Å². The van der Waals surface area contributed by atoms with E-state index in [1.165, 1.54) is 6.07 Å². The van der Waals surface area contributed by atoms with E-state index in [0.717, 1.165) is 12.0 Å². The molecule has 1 unspecified atom stereocenters. The predicted molar refractivity (Wildman–Crippen MR) is 69.9 cm³/mol. The fourth-order valence-electron chi connectivity index (χ4n) is 1.87. The quantitative estimate of drug-likeness (QED) is 0.845. The zero-order chi connectivity index (χ0) is 13.1. The normalized spacial score (nSPS) is 13.5. The lowest BCUT2D eigenvalue weighted by Gasteiger charge is -2.27. The Labute approximate surface area is 103 Å². The number of rotatable bonds is 5. The van der Waals surface area contributed by atoms with Crippen molar-refractivity contribution in [1.82, 2.24) is 0 Å². The minimum Gasteiger partial charge on any atom is -0.380 e. The van der Waals surface area contributed by atoms with Crippen molar-refractivity contribution < 1.29 is 9.13 Å². The molecular formula is C14H22FNO. The van der Waals surface area contributed by atoms with Gasteiger partial charge in [-0.1, -0.05) is 6.07 Å².